The van der Waals surface area contributed by atoms with Crippen LogP contribution in [0.1, 0.15) is 11.1 Å². The standard InChI is InChI=1S/C10H6BrF3/c11-9-3-1-2-6-7(9)4-5-8(6)10(12,13)14/h1-3,5H,4H2. The summed E-state index contributed by atoms with van der Waals surface area (Å²) < 4.78 is 38.2. The molecule has 0 N–H and O–H groups in total. The van der Waals surface area contributed by atoms with Crippen LogP contribution in [0.3, 0.4) is 0 Å². The molecular formula is C10H6BrF3. The smallest absolute Gasteiger partial charge is 0.166 e. The van der Waals surface area contributed by atoms with Gasteiger partial charge in [0.05, 0.1) is 5.57 Å². The molecule has 0 aliphatic heterocycles. The quantitative estimate of drug-likeness (QED) is 0.664. The molecule has 0 amide bonds. The van der Waals surface area contributed by atoms with E-state index in [1.54, 1.807) is 12.1 Å². The normalized spacial score (nSPS) is 15.3. The van der Waals surface area contributed by atoms with Gasteiger partial charge in [0.1, 0.15) is 0 Å². The fraction of sp³-hybridized carbons (Fsp3) is 0.200. The van der Waals surface area contributed by atoms with Crippen LogP contribution in [-0.2, 0) is 6.42 Å². The number of alkyl halides is 3. The Kier molecular flexibility index (Phi) is 2.18. The molecule has 0 saturated carbocycles. The highest BCUT2D eigenvalue weighted by atomic mass is 79.9. The van der Waals surface area contributed by atoms with Crippen molar-refractivity contribution in [2.75, 3.05) is 0 Å². The Morgan fingerprint density at radius 3 is 2.57 bits per heavy atom. The maximum atomic E-state index is 12.5. The van der Waals surface area contributed by atoms with Gasteiger partial charge in [-0.05, 0) is 23.6 Å². The number of halogens is 4. The molecule has 74 valence electrons. The second kappa shape index (κ2) is 3.12. The molecular weight excluding hydrogens is 257 g/mol. The molecule has 0 bridgehead atoms. The molecule has 0 atom stereocenters. The van der Waals surface area contributed by atoms with E-state index in [2.05, 4.69) is 15.9 Å². The van der Waals surface area contributed by atoms with E-state index >= 15 is 0 Å². The van der Waals surface area contributed by atoms with Gasteiger partial charge in [-0.15, -0.1) is 0 Å². The van der Waals surface area contributed by atoms with E-state index in [0.717, 1.165) is 10.0 Å². The Morgan fingerprint density at radius 2 is 1.93 bits per heavy atom. The van der Waals surface area contributed by atoms with E-state index in [0.29, 0.717) is 12.0 Å². The fourth-order valence-electron chi connectivity index (χ4n) is 1.60. The van der Waals surface area contributed by atoms with Crippen LogP contribution in [0, 0.1) is 0 Å². The predicted molar refractivity (Wildman–Crippen MR) is 51.9 cm³/mol. The Hall–Kier alpha value is -0.770. The SMILES string of the molecule is FC(F)(F)C1=CCc2c(Br)cccc21. The second-order valence-electron chi connectivity index (χ2n) is 3.09. The molecule has 1 aliphatic rings. The Labute approximate surface area is 87.6 Å². The summed E-state index contributed by atoms with van der Waals surface area (Å²) >= 11 is 3.24. The summed E-state index contributed by atoms with van der Waals surface area (Å²) in [7, 11) is 0. The summed E-state index contributed by atoms with van der Waals surface area (Å²) in [6.45, 7) is 0. The van der Waals surface area contributed by atoms with Gasteiger partial charge in [-0.3, -0.25) is 0 Å². The predicted octanol–water partition coefficient (Wildman–Crippen LogP) is 3.95. The van der Waals surface area contributed by atoms with E-state index in [4.69, 9.17) is 0 Å². The van der Waals surface area contributed by atoms with Crippen LogP contribution in [0.25, 0.3) is 5.57 Å². The lowest BCUT2D eigenvalue weighted by atomic mass is 10.1. The molecule has 0 saturated heterocycles. The second-order valence-corrected chi connectivity index (χ2v) is 3.94. The number of rotatable bonds is 0. The Balaban J connectivity index is 2.53. The molecule has 1 aliphatic carbocycles. The van der Waals surface area contributed by atoms with Gasteiger partial charge < -0.3 is 0 Å². The van der Waals surface area contributed by atoms with Crippen molar-refractivity contribution < 1.29 is 13.2 Å². The lowest BCUT2D eigenvalue weighted by Crippen LogP contribution is -2.09. The molecule has 0 unspecified atom stereocenters. The maximum absolute atomic E-state index is 12.5. The van der Waals surface area contributed by atoms with Gasteiger partial charge in [0, 0.05) is 4.47 Å². The van der Waals surface area contributed by atoms with Crippen molar-refractivity contribution in [3.8, 4) is 0 Å². The largest absolute Gasteiger partial charge is 0.416 e. The van der Waals surface area contributed by atoms with Crippen LogP contribution < -0.4 is 0 Å². The van der Waals surface area contributed by atoms with Crippen LogP contribution in [0.5, 0.6) is 0 Å². The summed E-state index contributed by atoms with van der Waals surface area (Å²) in [5, 5.41) is 0. The number of hydrogen-bond acceptors (Lipinski definition) is 0. The lowest BCUT2D eigenvalue weighted by molar-refractivity contribution is -0.0687. The van der Waals surface area contributed by atoms with Gasteiger partial charge in [-0.1, -0.05) is 34.1 Å². The summed E-state index contributed by atoms with van der Waals surface area (Å²) in [6.07, 6.45) is -2.66. The van der Waals surface area contributed by atoms with E-state index in [1.807, 2.05) is 0 Å². The average Bonchev–Trinajstić information content (AvgIpc) is 2.47. The third-order valence-electron chi connectivity index (χ3n) is 2.22. The molecule has 4 heteroatoms. The molecule has 0 fully saturated rings. The van der Waals surface area contributed by atoms with Crippen molar-refractivity contribution in [3.63, 3.8) is 0 Å². The Bertz CT molecular complexity index is 404. The van der Waals surface area contributed by atoms with Crippen molar-refractivity contribution >= 4 is 21.5 Å². The van der Waals surface area contributed by atoms with Gasteiger partial charge in [-0.2, -0.15) is 13.2 Å². The minimum absolute atomic E-state index is 0.298. The fourth-order valence-corrected chi connectivity index (χ4v) is 2.13. The Morgan fingerprint density at radius 1 is 1.21 bits per heavy atom. The zero-order valence-electron chi connectivity index (χ0n) is 7.03. The molecule has 2 rings (SSSR count). The molecule has 14 heavy (non-hydrogen) atoms. The first-order valence-electron chi connectivity index (χ1n) is 4.05. The zero-order chi connectivity index (χ0) is 10.3. The maximum Gasteiger partial charge on any atom is 0.416 e. The minimum Gasteiger partial charge on any atom is -0.166 e. The summed E-state index contributed by atoms with van der Waals surface area (Å²) in [5.41, 5.74) is 0.500. The van der Waals surface area contributed by atoms with E-state index in [9.17, 15) is 13.2 Å². The number of allylic oxidation sites excluding steroid dienone is 2. The minimum atomic E-state index is -4.24. The van der Waals surface area contributed by atoms with Crippen molar-refractivity contribution in [1.82, 2.24) is 0 Å². The van der Waals surface area contributed by atoms with Gasteiger partial charge >= 0.3 is 6.18 Å². The molecule has 0 nitrogen and oxygen atoms in total. The van der Waals surface area contributed by atoms with Crippen molar-refractivity contribution in [2.24, 2.45) is 0 Å². The molecule has 0 heterocycles. The summed E-state index contributed by atoms with van der Waals surface area (Å²) in [4.78, 5) is 0. The highest BCUT2D eigenvalue weighted by molar-refractivity contribution is 9.10. The third kappa shape index (κ3) is 1.47. The topological polar surface area (TPSA) is 0 Å². The van der Waals surface area contributed by atoms with Crippen molar-refractivity contribution in [3.05, 3.63) is 39.9 Å². The molecule has 1 aromatic rings. The van der Waals surface area contributed by atoms with Gasteiger partial charge in [0.15, 0.2) is 0 Å². The van der Waals surface area contributed by atoms with Crippen LogP contribution in [0.2, 0.25) is 0 Å². The number of benzene rings is 1. The van der Waals surface area contributed by atoms with Crippen molar-refractivity contribution in [1.29, 1.82) is 0 Å². The van der Waals surface area contributed by atoms with Crippen LogP contribution >= 0.6 is 15.9 Å². The van der Waals surface area contributed by atoms with Gasteiger partial charge in [0.25, 0.3) is 0 Å². The van der Waals surface area contributed by atoms with Gasteiger partial charge in [-0.25, -0.2) is 0 Å². The molecule has 0 radical (unpaired) electrons. The number of fused-ring (bicyclic) bond motifs is 1. The zero-order valence-corrected chi connectivity index (χ0v) is 8.61. The summed E-state index contributed by atoms with van der Waals surface area (Å²) in [5.74, 6) is 0. The highest BCUT2D eigenvalue weighted by Gasteiger charge is 2.37. The number of hydrogen-bond donors (Lipinski definition) is 0. The molecule has 0 spiro atoms. The van der Waals surface area contributed by atoms with E-state index in [1.165, 1.54) is 12.1 Å². The highest BCUT2D eigenvalue weighted by Crippen LogP contribution is 2.41. The van der Waals surface area contributed by atoms with E-state index in [-0.39, 0.29) is 0 Å². The first kappa shape index (κ1) is 9.77. The van der Waals surface area contributed by atoms with Crippen LogP contribution in [0.15, 0.2) is 28.7 Å². The van der Waals surface area contributed by atoms with Crippen LogP contribution in [0.4, 0.5) is 13.2 Å². The summed E-state index contributed by atoms with van der Waals surface area (Å²) in [6, 6.07) is 4.88. The lowest BCUT2D eigenvalue weighted by Gasteiger charge is -2.09. The average molecular weight is 263 g/mol. The third-order valence-corrected chi connectivity index (χ3v) is 2.97. The first-order chi connectivity index (χ1) is 6.50. The van der Waals surface area contributed by atoms with Gasteiger partial charge in [0.2, 0.25) is 0 Å². The van der Waals surface area contributed by atoms with Crippen molar-refractivity contribution in [2.45, 2.75) is 12.6 Å². The monoisotopic (exact) mass is 262 g/mol. The molecule has 1 aromatic carbocycles. The first-order valence-corrected chi connectivity index (χ1v) is 4.84. The molecule has 0 aromatic heterocycles. The van der Waals surface area contributed by atoms with Crippen LogP contribution in [-0.4, -0.2) is 6.18 Å². The van der Waals surface area contributed by atoms with E-state index < -0.39 is 11.7 Å².